The van der Waals surface area contributed by atoms with Gasteiger partial charge in [-0.2, -0.15) is 0 Å². The largest absolute Gasteiger partial charge is 0.392 e. The lowest BCUT2D eigenvalue weighted by atomic mass is 10.2. The Bertz CT molecular complexity index is 538. The lowest BCUT2D eigenvalue weighted by Gasteiger charge is -2.08. The third-order valence-corrected chi connectivity index (χ3v) is 3.30. The molecule has 1 aromatic heterocycles. The van der Waals surface area contributed by atoms with Crippen molar-refractivity contribution >= 4 is 10.9 Å². The molecule has 0 aliphatic rings. The van der Waals surface area contributed by atoms with Gasteiger partial charge in [-0.05, 0) is 29.1 Å². The van der Waals surface area contributed by atoms with Crippen LogP contribution in [0.1, 0.15) is 5.56 Å². The summed E-state index contributed by atoms with van der Waals surface area (Å²) in [6, 6.07) is 8.05. The number of nitrogens with zero attached hydrogens (tertiary/aromatic N) is 1. The van der Waals surface area contributed by atoms with Gasteiger partial charge in [0, 0.05) is 25.4 Å². The molecule has 5 nitrogen and oxygen atoms in total. The molecular formula is C16H23NO4. The van der Waals surface area contributed by atoms with Gasteiger partial charge in [0.05, 0.1) is 39.6 Å². The molecule has 0 saturated carbocycles. The van der Waals surface area contributed by atoms with E-state index in [1.807, 2.05) is 24.4 Å². The Morgan fingerprint density at radius 2 is 1.76 bits per heavy atom. The number of ether oxygens (including phenoxy) is 3. The third-order valence-electron chi connectivity index (χ3n) is 3.30. The zero-order valence-corrected chi connectivity index (χ0v) is 12.5. The highest BCUT2D eigenvalue weighted by Crippen LogP contribution is 2.17. The molecule has 0 unspecified atom stereocenters. The van der Waals surface area contributed by atoms with Crippen LogP contribution in [0, 0.1) is 0 Å². The van der Waals surface area contributed by atoms with Gasteiger partial charge in [-0.3, -0.25) is 0 Å². The van der Waals surface area contributed by atoms with Crippen LogP contribution >= 0.6 is 0 Å². The standard InChI is InChI=1S/C16H23NO4/c1-19-8-9-21-11-10-20-7-6-17-5-4-15-12-14(13-18)2-3-16(15)17/h2-5,12,18H,6-11,13H2,1H3. The van der Waals surface area contributed by atoms with Crippen LogP contribution in [0.15, 0.2) is 30.5 Å². The summed E-state index contributed by atoms with van der Waals surface area (Å²) in [5.41, 5.74) is 2.09. The van der Waals surface area contributed by atoms with Gasteiger partial charge in [0.25, 0.3) is 0 Å². The van der Waals surface area contributed by atoms with Gasteiger partial charge in [0.1, 0.15) is 0 Å². The molecule has 1 aromatic carbocycles. The van der Waals surface area contributed by atoms with Crippen LogP contribution in [0.2, 0.25) is 0 Å². The molecule has 0 aliphatic heterocycles. The van der Waals surface area contributed by atoms with Crippen molar-refractivity contribution in [2.45, 2.75) is 13.2 Å². The van der Waals surface area contributed by atoms with Crippen molar-refractivity contribution in [2.75, 3.05) is 40.1 Å². The maximum Gasteiger partial charge on any atom is 0.0701 e. The normalized spacial score (nSPS) is 11.3. The molecule has 0 radical (unpaired) electrons. The van der Waals surface area contributed by atoms with Crippen molar-refractivity contribution in [1.29, 1.82) is 0 Å². The summed E-state index contributed by atoms with van der Waals surface area (Å²) in [7, 11) is 1.66. The lowest BCUT2D eigenvalue weighted by Crippen LogP contribution is -2.11. The van der Waals surface area contributed by atoms with Crippen molar-refractivity contribution in [2.24, 2.45) is 0 Å². The van der Waals surface area contributed by atoms with Crippen LogP contribution in [0.3, 0.4) is 0 Å². The maximum absolute atomic E-state index is 9.14. The molecule has 0 atom stereocenters. The minimum Gasteiger partial charge on any atom is -0.392 e. The van der Waals surface area contributed by atoms with E-state index < -0.39 is 0 Å². The van der Waals surface area contributed by atoms with Crippen LogP contribution in [0.5, 0.6) is 0 Å². The van der Waals surface area contributed by atoms with E-state index in [1.54, 1.807) is 7.11 Å². The lowest BCUT2D eigenvalue weighted by molar-refractivity contribution is 0.0232. The minimum absolute atomic E-state index is 0.0767. The van der Waals surface area contributed by atoms with Gasteiger partial charge in [0.15, 0.2) is 0 Å². The van der Waals surface area contributed by atoms with E-state index in [4.69, 9.17) is 19.3 Å². The zero-order chi connectivity index (χ0) is 14.9. The number of aromatic nitrogens is 1. The summed E-state index contributed by atoms with van der Waals surface area (Å²) in [4.78, 5) is 0. The Balaban J connectivity index is 1.71. The summed E-state index contributed by atoms with van der Waals surface area (Å²) < 4.78 is 17.9. The molecule has 21 heavy (non-hydrogen) atoms. The smallest absolute Gasteiger partial charge is 0.0701 e. The molecule has 2 aromatic rings. The number of methoxy groups -OCH3 is 1. The number of benzene rings is 1. The molecular weight excluding hydrogens is 270 g/mol. The summed E-state index contributed by atoms with van der Waals surface area (Å²) in [5.74, 6) is 0. The Labute approximate surface area is 125 Å². The fraction of sp³-hybridized carbons (Fsp3) is 0.500. The first-order valence-corrected chi connectivity index (χ1v) is 7.18. The summed E-state index contributed by atoms with van der Waals surface area (Å²) in [5, 5.41) is 10.3. The van der Waals surface area contributed by atoms with Crippen LogP contribution in [0.25, 0.3) is 10.9 Å². The summed E-state index contributed by atoms with van der Waals surface area (Å²) >= 11 is 0. The maximum atomic E-state index is 9.14. The number of hydrogen-bond acceptors (Lipinski definition) is 4. The van der Waals surface area contributed by atoms with Crippen LogP contribution in [0.4, 0.5) is 0 Å². The quantitative estimate of drug-likeness (QED) is 0.679. The van der Waals surface area contributed by atoms with Gasteiger partial charge in [-0.1, -0.05) is 6.07 Å². The molecule has 1 heterocycles. The van der Waals surface area contributed by atoms with Crippen molar-refractivity contribution < 1.29 is 19.3 Å². The highest BCUT2D eigenvalue weighted by Gasteiger charge is 2.02. The highest BCUT2D eigenvalue weighted by atomic mass is 16.5. The Morgan fingerprint density at radius 1 is 1.00 bits per heavy atom. The fourth-order valence-electron chi connectivity index (χ4n) is 2.17. The van der Waals surface area contributed by atoms with Crippen molar-refractivity contribution in [1.82, 2.24) is 4.57 Å². The van der Waals surface area contributed by atoms with Gasteiger partial charge >= 0.3 is 0 Å². The Morgan fingerprint density at radius 3 is 2.52 bits per heavy atom. The van der Waals surface area contributed by atoms with E-state index in [0.717, 1.165) is 23.0 Å². The van der Waals surface area contributed by atoms with Crippen LogP contribution in [-0.2, 0) is 27.4 Å². The van der Waals surface area contributed by atoms with Crippen LogP contribution in [-0.4, -0.2) is 49.8 Å². The molecule has 0 bridgehead atoms. The second kappa shape index (κ2) is 8.79. The molecule has 0 amide bonds. The minimum atomic E-state index is 0.0767. The van der Waals surface area contributed by atoms with E-state index in [-0.39, 0.29) is 6.61 Å². The molecule has 5 heteroatoms. The third kappa shape index (κ3) is 4.82. The van der Waals surface area contributed by atoms with Crippen LogP contribution < -0.4 is 0 Å². The molecule has 0 aliphatic carbocycles. The molecule has 0 spiro atoms. The fourth-order valence-corrected chi connectivity index (χ4v) is 2.17. The second-order valence-electron chi connectivity index (χ2n) is 4.78. The van der Waals surface area contributed by atoms with Gasteiger partial charge in [-0.25, -0.2) is 0 Å². The SMILES string of the molecule is COCCOCCOCCn1ccc2cc(CO)ccc21. The van der Waals surface area contributed by atoms with Gasteiger partial charge in [-0.15, -0.1) is 0 Å². The first-order valence-electron chi connectivity index (χ1n) is 7.18. The predicted octanol–water partition coefficient (Wildman–Crippen LogP) is 1.81. The summed E-state index contributed by atoms with van der Waals surface area (Å²) in [6.07, 6.45) is 2.05. The van der Waals surface area contributed by atoms with Crippen molar-refractivity contribution in [3.8, 4) is 0 Å². The Kier molecular flexibility index (Phi) is 6.69. The Hall–Kier alpha value is -1.40. The molecule has 0 fully saturated rings. The topological polar surface area (TPSA) is 52.9 Å². The highest BCUT2D eigenvalue weighted by molar-refractivity contribution is 5.80. The number of rotatable bonds is 10. The molecule has 0 saturated heterocycles. The molecule has 2 rings (SSSR count). The first-order chi connectivity index (χ1) is 10.3. The number of hydrogen-bond donors (Lipinski definition) is 1. The van der Waals surface area contributed by atoms with Gasteiger partial charge in [0.2, 0.25) is 0 Å². The monoisotopic (exact) mass is 293 g/mol. The molecule has 1 N–H and O–H groups in total. The predicted molar refractivity (Wildman–Crippen MR) is 81.4 cm³/mol. The van der Waals surface area contributed by atoms with E-state index >= 15 is 0 Å². The van der Waals surface area contributed by atoms with E-state index in [1.165, 1.54) is 0 Å². The number of fused-ring (bicyclic) bond motifs is 1. The average Bonchev–Trinajstić information content (AvgIpc) is 2.92. The van der Waals surface area contributed by atoms with Crippen molar-refractivity contribution in [3.05, 3.63) is 36.0 Å². The zero-order valence-electron chi connectivity index (χ0n) is 12.5. The number of aliphatic hydroxyl groups excluding tert-OH is 1. The van der Waals surface area contributed by atoms with E-state index in [0.29, 0.717) is 33.0 Å². The van der Waals surface area contributed by atoms with E-state index in [9.17, 15) is 0 Å². The second-order valence-corrected chi connectivity index (χ2v) is 4.78. The average molecular weight is 293 g/mol. The molecule has 116 valence electrons. The first kappa shape index (κ1) is 16.0. The summed E-state index contributed by atoms with van der Waals surface area (Å²) in [6.45, 7) is 3.94. The van der Waals surface area contributed by atoms with E-state index in [2.05, 4.69) is 10.6 Å². The number of aliphatic hydroxyl groups is 1. The van der Waals surface area contributed by atoms with Gasteiger partial charge < -0.3 is 23.9 Å². The van der Waals surface area contributed by atoms with Crippen molar-refractivity contribution in [3.63, 3.8) is 0 Å².